The first-order chi connectivity index (χ1) is 11.8. The predicted molar refractivity (Wildman–Crippen MR) is 95.4 cm³/mol. The molecule has 128 valence electrons. The van der Waals surface area contributed by atoms with Crippen LogP contribution in [-0.2, 0) is 9.59 Å². The molecule has 1 atom stereocenters. The second-order valence-corrected chi connectivity index (χ2v) is 6.81. The number of nitrogens with zero attached hydrogens (tertiary/aromatic N) is 1. The molecule has 1 aliphatic heterocycles. The standard InChI is InChI=1S/C20H26N2O2/c23-15-22(18-10-2-1-3-11-18)13-7-6-9-17-14-16-8-4-5-12-19(16)21-20(17)24/h1-3,10-11,15,17H,4-9,12-14H2,(H,21,24). The number of nitrogens with one attached hydrogen (secondary N) is 1. The highest BCUT2D eigenvalue weighted by Crippen LogP contribution is 2.33. The summed E-state index contributed by atoms with van der Waals surface area (Å²) in [7, 11) is 0. The van der Waals surface area contributed by atoms with Crippen LogP contribution in [0.1, 0.15) is 51.4 Å². The third-order valence-corrected chi connectivity index (χ3v) is 5.14. The third-order valence-electron chi connectivity index (χ3n) is 5.14. The summed E-state index contributed by atoms with van der Waals surface area (Å²) in [5.41, 5.74) is 3.61. The van der Waals surface area contributed by atoms with Gasteiger partial charge >= 0.3 is 0 Å². The zero-order valence-corrected chi connectivity index (χ0v) is 14.2. The van der Waals surface area contributed by atoms with Crippen molar-refractivity contribution in [3.63, 3.8) is 0 Å². The molecule has 0 saturated heterocycles. The van der Waals surface area contributed by atoms with E-state index < -0.39 is 0 Å². The van der Waals surface area contributed by atoms with Crippen LogP contribution in [0.25, 0.3) is 0 Å². The van der Waals surface area contributed by atoms with Gasteiger partial charge in [0.05, 0.1) is 0 Å². The Hall–Kier alpha value is -2.10. The fourth-order valence-electron chi connectivity index (χ4n) is 3.75. The summed E-state index contributed by atoms with van der Waals surface area (Å²) in [6.07, 6.45) is 9.28. The van der Waals surface area contributed by atoms with Crippen LogP contribution in [0.4, 0.5) is 5.69 Å². The molecule has 3 rings (SSSR count). The van der Waals surface area contributed by atoms with E-state index in [1.807, 2.05) is 30.3 Å². The summed E-state index contributed by atoms with van der Waals surface area (Å²) in [6, 6.07) is 9.71. The molecule has 2 aliphatic rings. The molecule has 1 N–H and O–H groups in total. The van der Waals surface area contributed by atoms with Crippen molar-refractivity contribution in [2.24, 2.45) is 5.92 Å². The number of amides is 2. The fraction of sp³-hybridized carbons (Fsp3) is 0.500. The maximum absolute atomic E-state index is 12.2. The molecule has 0 spiro atoms. The fourth-order valence-corrected chi connectivity index (χ4v) is 3.75. The summed E-state index contributed by atoms with van der Waals surface area (Å²) < 4.78 is 0. The Morgan fingerprint density at radius 3 is 2.71 bits per heavy atom. The maximum atomic E-state index is 12.2. The van der Waals surface area contributed by atoms with Gasteiger partial charge in [0.25, 0.3) is 0 Å². The van der Waals surface area contributed by atoms with Crippen molar-refractivity contribution in [3.05, 3.63) is 41.6 Å². The monoisotopic (exact) mass is 326 g/mol. The van der Waals surface area contributed by atoms with Crippen LogP contribution in [0.5, 0.6) is 0 Å². The molecule has 4 heteroatoms. The minimum atomic E-state index is 0.114. The van der Waals surface area contributed by atoms with Gasteiger partial charge in [-0.15, -0.1) is 0 Å². The Morgan fingerprint density at radius 2 is 1.92 bits per heavy atom. The van der Waals surface area contributed by atoms with Gasteiger partial charge in [-0.1, -0.05) is 30.2 Å². The molecule has 2 amide bonds. The zero-order valence-electron chi connectivity index (χ0n) is 14.2. The number of para-hydroxylation sites is 1. The van der Waals surface area contributed by atoms with E-state index in [-0.39, 0.29) is 11.8 Å². The summed E-state index contributed by atoms with van der Waals surface area (Å²) in [4.78, 5) is 25.2. The number of allylic oxidation sites excluding steroid dienone is 2. The summed E-state index contributed by atoms with van der Waals surface area (Å²) in [6.45, 7) is 0.704. The Kier molecular flexibility index (Phi) is 5.68. The number of rotatable bonds is 7. The molecule has 0 bridgehead atoms. The smallest absolute Gasteiger partial charge is 0.227 e. The molecule has 1 aromatic rings. The average molecular weight is 326 g/mol. The molecule has 1 aliphatic carbocycles. The number of hydrogen-bond donors (Lipinski definition) is 1. The lowest BCUT2D eigenvalue weighted by Crippen LogP contribution is -2.36. The first-order valence-electron chi connectivity index (χ1n) is 9.06. The lowest BCUT2D eigenvalue weighted by molar-refractivity contribution is -0.125. The zero-order chi connectivity index (χ0) is 16.8. The van der Waals surface area contributed by atoms with Gasteiger partial charge in [0.15, 0.2) is 0 Å². The molecule has 4 nitrogen and oxygen atoms in total. The molecule has 1 heterocycles. The molecule has 24 heavy (non-hydrogen) atoms. The third kappa shape index (κ3) is 4.05. The van der Waals surface area contributed by atoms with Gasteiger partial charge in [-0.2, -0.15) is 0 Å². The van der Waals surface area contributed by atoms with Crippen LogP contribution in [0, 0.1) is 5.92 Å². The van der Waals surface area contributed by atoms with Crippen molar-refractivity contribution >= 4 is 18.0 Å². The van der Waals surface area contributed by atoms with E-state index in [0.29, 0.717) is 6.54 Å². The highest BCUT2D eigenvalue weighted by molar-refractivity contribution is 5.82. The van der Waals surface area contributed by atoms with Gasteiger partial charge in [0.2, 0.25) is 12.3 Å². The van der Waals surface area contributed by atoms with Crippen molar-refractivity contribution in [2.45, 2.75) is 51.4 Å². The minimum Gasteiger partial charge on any atom is -0.330 e. The van der Waals surface area contributed by atoms with Crippen molar-refractivity contribution in [2.75, 3.05) is 11.4 Å². The molecule has 0 saturated carbocycles. The number of anilines is 1. The minimum absolute atomic E-state index is 0.114. The van der Waals surface area contributed by atoms with Crippen LogP contribution in [0.2, 0.25) is 0 Å². The molecular weight excluding hydrogens is 300 g/mol. The van der Waals surface area contributed by atoms with Crippen LogP contribution in [-0.4, -0.2) is 18.9 Å². The second-order valence-electron chi connectivity index (χ2n) is 6.81. The van der Waals surface area contributed by atoms with Gasteiger partial charge in [-0.3, -0.25) is 9.59 Å². The average Bonchev–Trinajstić information content (AvgIpc) is 2.63. The first-order valence-corrected chi connectivity index (χ1v) is 9.06. The van der Waals surface area contributed by atoms with Crippen molar-refractivity contribution < 1.29 is 9.59 Å². The van der Waals surface area contributed by atoms with E-state index in [1.165, 1.54) is 24.1 Å². The van der Waals surface area contributed by atoms with E-state index in [1.54, 1.807) is 4.90 Å². The maximum Gasteiger partial charge on any atom is 0.227 e. The van der Waals surface area contributed by atoms with E-state index in [2.05, 4.69) is 5.32 Å². The molecule has 0 fully saturated rings. The van der Waals surface area contributed by atoms with Crippen LogP contribution in [0.3, 0.4) is 0 Å². The number of hydrogen-bond acceptors (Lipinski definition) is 2. The van der Waals surface area contributed by atoms with Crippen LogP contribution in [0.15, 0.2) is 41.6 Å². The normalized spacial score (nSPS) is 20.3. The Morgan fingerprint density at radius 1 is 1.12 bits per heavy atom. The summed E-state index contributed by atoms with van der Waals surface area (Å²) in [5, 5.41) is 3.13. The second kappa shape index (κ2) is 8.13. The largest absolute Gasteiger partial charge is 0.330 e. The van der Waals surface area contributed by atoms with Gasteiger partial charge in [-0.25, -0.2) is 0 Å². The Bertz CT molecular complexity index is 609. The molecule has 0 aromatic heterocycles. The summed E-state index contributed by atoms with van der Waals surface area (Å²) in [5.74, 6) is 0.314. The lowest BCUT2D eigenvalue weighted by Gasteiger charge is -2.30. The van der Waals surface area contributed by atoms with Gasteiger partial charge < -0.3 is 10.2 Å². The highest BCUT2D eigenvalue weighted by atomic mass is 16.2. The topological polar surface area (TPSA) is 49.4 Å². The lowest BCUT2D eigenvalue weighted by atomic mass is 9.83. The SMILES string of the molecule is O=CN(CCCCC1CC2=C(CCCC2)NC1=O)c1ccccc1. The van der Waals surface area contributed by atoms with Crippen LogP contribution >= 0.6 is 0 Å². The Labute approximate surface area is 143 Å². The highest BCUT2D eigenvalue weighted by Gasteiger charge is 2.28. The van der Waals surface area contributed by atoms with Crippen LogP contribution < -0.4 is 10.2 Å². The van der Waals surface area contributed by atoms with Crippen molar-refractivity contribution in [1.82, 2.24) is 5.32 Å². The number of unbranched alkanes of at least 4 members (excludes halogenated alkanes) is 1. The van der Waals surface area contributed by atoms with Crippen molar-refractivity contribution in [3.8, 4) is 0 Å². The van der Waals surface area contributed by atoms with E-state index in [0.717, 1.165) is 50.6 Å². The molecule has 1 unspecified atom stereocenters. The predicted octanol–water partition coefficient (Wildman–Crippen LogP) is 3.78. The summed E-state index contributed by atoms with van der Waals surface area (Å²) >= 11 is 0. The number of benzene rings is 1. The van der Waals surface area contributed by atoms with E-state index in [4.69, 9.17) is 0 Å². The van der Waals surface area contributed by atoms with Crippen molar-refractivity contribution in [1.29, 1.82) is 0 Å². The van der Waals surface area contributed by atoms with E-state index >= 15 is 0 Å². The number of carbonyl (C=O) groups is 2. The Balaban J connectivity index is 1.45. The van der Waals surface area contributed by atoms with E-state index in [9.17, 15) is 9.59 Å². The molecule has 0 radical (unpaired) electrons. The quantitative estimate of drug-likeness (QED) is 0.612. The number of carbonyl (C=O) groups excluding carboxylic acids is 2. The molecule has 1 aromatic carbocycles. The first kappa shape index (κ1) is 16.7. The molecular formula is C20H26N2O2. The van der Waals surface area contributed by atoms with Gasteiger partial charge in [0.1, 0.15) is 0 Å². The van der Waals surface area contributed by atoms with Gasteiger partial charge in [-0.05, 0) is 57.1 Å². The van der Waals surface area contributed by atoms with Gasteiger partial charge in [0, 0.05) is 23.8 Å².